The number of hydrogen-bond acceptors (Lipinski definition) is 10. The topological polar surface area (TPSA) is 130 Å². The van der Waals surface area contributed by atoms with Crippen molar-refractivity contribution in [2.75, 3.05) is 62.4 Å². The fraction of sp³-hybridized carbons (Fsp3) is 0.536. The standard InChI is InChI=1S/C26H33FN6O5S.C2H6/c1-26(2,34)18-14-32(15-18)13-17-9-19(27)11-20-22(29-25(30-23(17)20)33-5-7-38-8-6-33)16-10-21(31-39(4,35)36)24(37-3)28-12-16;1-2/h9-12,18,31,34H,5-8,13-15H2,1-4H3;1-2H3. The third kappa shape index (κ3) is 7.21. The fourth-order valence-electron chi connectivity index (χ4n) is 4.90. The second kappa shape index (κ2) is 12.4. The molecule has 0 amide bonds. The highest BCUT2D eigenvalue weighted by atomic mass is 32.2. The number of anilines is 2. The molecule has 2 saturated heterocycles. The van der Waals surface area contributed by atoms with Crippen LogP contribution in [0.25, 0.3) is 22.2 Å². The van der Waals surface area contributed by atoms with E-state index in [1.165, 1.54) is 25.4 Å². The Morgan fingerprint density at radius 2 is 1.85 bits per heavy atom. The molecule has 2 aromatic heterocycles. The molecule has 0 spiro atoms. The van der Waals surface area contributed by atoms with E-state index in [0.717, 1.165) is 6.26 Å². The number of benzene rings is 1. The number of aromatic nitrogens is 3. The molecular formula is C28H39FN6O5S. The van der Waals surface area contributed by atoms with Gasteiger partial charge < -0.3 is 19.5 Å². The lowest BCUT2D eigenvalue weighted by Crippen LogP contribution is -2.55. The molecule has 4 heterocycles. The predicted octanol–water partition coefficient (Wildman–Crippen LogP) is 3.28. The minimum atomic E-state index is -3.62. The van der Waals surface area contributed by atoms with Crippen molar-refractivity contribution in [3.8, 4) is 17.1 Å². The van der Waals surface area contributed by atoms with Crippen LogP contribution in [0.4, 0.5) is 16.0 Å². The maximum absolute atomic E-state index is 15.0. The van der Waals surface area contributed by atoms with E-state index in [0.29, 0.717) is 79.6 Å². The van der Waals surface area contributed by atoms with Crippen molar-refractivity contribution >= 4 is 32.6 Å². The van der Waals surface area contributed by atoms with E-state index in [1.54, 1.807) is 19.9 Å². The third-order valence-corrected chi connectivity index (χ3v) is 7.68. The summed E-state index contributed by atoms with van der Waals surface area (Å²) in [6.07, 6.45) is 2.56. The zero-order valence-corrected chi connectivity index (χ0v) is 25.3. The normalized spacial score (nSPS) is 16.6. The average Bonchev–Trinajstić information content (AvgIpc) is 2.90. The molecule has 2 fully saturated rings. The van der Waals surface area contributed by atoms with Gasteiger partial charge in [0.1, 0.15) is 11.5 Å². The van der Waals surface area contributed by atoms with Crippen LogP contribution >= 0.6 is 0 Å². The molecule has 3 aromatic rings. The van der Waals surface area contributed by atoms with Gasteiger partial charge in [0.05, 0.1) is 43.4 Å². The van der Waals surface area contributed by atoms with Crippen LogP contribution in [0.1, 0.15) is 33.3 Å². The lowest BCUT2D eigenvalue weighted by atomic mass is 9.84. The minimum Gasteiger partial charge on any atom is -0.480 e. The number of rotatable bonds is 8. The Balaban J connectivity index is 0.00000189. The average molecular weight is 591 g/mol. The lowest BCUT2D eigenvalue weighted by molar-refractivity contribution is -0.0646. The summed E-state index contributed by atoms with van der Waals surface area (Å²) in [5, 5.41) is 10.8. The number of pyridine rings is 1. The molecule has 0 radical (unpaired) electrons. The molecule has 0 bridgehead atoms. The predicted molar refractivity (Wildman–Crippen MR) is 157 cm³/mol. The van der Waals surface area contributed by atoms with Gasteiger partial charge in [-0.25, -0.2) is 27.8 Å². The van der Waals surface area contributed by atoms with Crippen LogP contribution in [-0.4, -0.2) is 91.7 Å². The Bertz CT molecular complexity index is 1490. The Hall–Kier alpha value is -3.13. The summed E-state index contributed by atoms with van der Waals surface area (Å²) < 4.78 is 52.2. The van der Waals surface area contributed by atoms with Crippen LogP contribution in [0.3, 0.4) is 0 Å². The van der Waals surface area contributed by atoms with E-state index in [9.17, 15) is 13.5 Å². The van der Waals surface area contributed by atoms with Crippen LogP contribution in [0.15, 0.2) is 24.4 Å². The smallest absolute Gasteiger partial charge is 0.238 e. The molecule has 0 aliphatic carbocycles. The van der Waals surface area contributed by atoms with Crippen molar-refractivity contribution in [3.05, 3.63) is 35.8 Å². The van der Waals surface area contributed by atoms with Crippen LogP contribution in [0.5, 0.6) is 5.88 Å². The Morgan fingerprint density at radius 1 is 1.17 bits per heavy atom. The van der Waals surface area contributed by atoms with E-state index in [-0.39, 0.29) is 17.5 Å². The van der Waals surface area contributed by atoms with Gasteiger partial charge in [-0.3, -0.25) is 9.62 Å². The van der Waals surface area contributed by atoms with Gasteiger partial charge in [0.15, 0.2) is 0 Å². The van der Waals surface area contributed by atoms with Gasteiger partial charge in [0.2, 0.25) is 21.9 Å². The zero-order chi connectivity index (χ0) is 29.9. The Morgan fingerprint density at radius 3 is 2.46 bits per heavy atom. The quantitative estimate of drug-likeness (QED) is 0.403. The molecule has 2 aliphatic rings. The third-order valence-electron chi connectivity index (χ3n) is 7.09. The maximum Gasteiger partial charge on any atom is 0.238 e. The number of aliphatic hydroxyl groups is 1. The molecule has 2 aliphatic heterocycles. The van der Waals surface area contributed by atoms with Crippen molar-refractivity contribution in [2.45, 2.75) is 39.8 Å². The van der Waals surface area contributed by atoms with Gasteiger partial charge in [-0.05, 0) is 37.6 Å². The summed E-state index contributed by atoms with van der Waals surface area (Å²) in [7, 11) is -2.23. The molecule has 0 unspecified atom stereocenters. The van der Waals surface area contributed by atoms with Crippen LogP contribution < -0.4 is 14.4 Å². The monoisotopic (exact) mass is 590 g/mol. The summed E-state index contributed by atoms with van der Waals surface area (Å²) >= 11 is 0. The number of sulfonamides is 1. The molecule has 224 valence electrons. The first-order valence-electron chi connectivity index (χ1n) is 13.7. The number of nitrogens with zero attached hydrogens (tertiary/aromatic N) is 5. The van der Waals surface area contributed by atoms with Crippen LogP contribution in [0, 0.1) is 11.7 Å². The number of hydrogen-bond donors (Lipinski definition) is 2. The number of nitrogens with one attached hydrogen (secondary N) is 1. The molecule has 2 N–H and O–H groups in total. The van der Waals surface area contributed by atoms with Crippen molar-refractivity contribution in [1.82, 2.24) is 19.9 Å². The summed E-state index contributed by atoms with van der Waals surface area (Å²) in [6, 6.07) is 4.45. The SMILES string of the molecule is CC.COc1ncc(-c2nc(N3CCOCC3)nc3c(CN4CC(C(C)(C)O)C4)cc(F)cc23)cc1NS(C)(=O)=O. The van der Waals surface area contributed by atoms with Gasteiger partial charge in [-0.1, -0.05) is 13.8 Å². The largest absolute Gasteiger partial charge is 0.480 e. The molecule has 0 atom stereocenters. The fourth-order valence-corrected chi connectivity index (χ4v) is 5.45. The molecule has 5 rings (SSSR count). The number of ether oxygens (including phenoxy) is 2. The first-order valence-corrected chi connectivity index (χ1v) is 15.6. The number of morpholine rings is 1. The van der Waals surface area contributed by atoms with Crippen molar-refractivity contribution in [3.63, 3.8) is 0 Å². The van der Waals surface area contributed by atoms with E-state index in [2.05, 4.69) is 14.6 Å². The Kier molecular flexibility index (Phi) is 9.32. The van der Waals surface area contributed by atoms with E-state index < -0.39 is 21.4 Å². The summed E-state index contributed by atoms with van der Waals surface area (Å²) in [5.74, 6) is 0.275. The minimum absolute atomic E-state index is 0.0990. The van der Waals surface area contributed by atoms with Crippen molar-refractivity contribution < 1.29 is 27.4 Å². The van der Waals surface area contributed by atoms with E-state index in [4.69, 9.17) is 19.4 Å². The van der Waals surface area contributed by atoms with Gasteiger partial charge in [-0.2, -0.15) is 0 Å². The van der Waals surface area contributed by atoms with E-state index in [1.807, 2.05) is 18.7 Å². The lowest BCUT2D eigenvalue weighted by Gasteiger charge is -2.45. The maximum atomic E-state index is 15.0. The first kappa shape index (κ1) is 30.8. The second-order valence-corrected chi connectivity index (χ2v) is 12.4. The zero-order valence-electron chi connectivity index (χ0n) is 24.4. The molecule has 0 saturated carbocycles. The molecule has 41 heavy (non-hydrogen) atoms. The number of fused-ring (bicyclic) bond motifs is 1. The van der Waals surface area contributed by atoms with E-state index >= 15 is 4.39 Å². The van der Waals surface area contributed by atoms with Gasteiger partial charge in [0.25, 0.3) is 0 Å². The van der Waals surface area contributed by atoms with Gasteiger partial charge >= 0.3 is 0 Å². The molecular weight excluding hydrogens is 551 g/mol. The highest BCUT2D eigenvalue weighted by Gasteiger charge is 2.37. The van der Waals surface area contributed by atoms with Gasteiger partial charge in [-0.15, -0.1) is 0 Å². The highest BCUT2D eigenvalue weighted by molar-refractivity contribution is 7.92. The molecule has 13 heteroatoms. The first-order chi connectivity index (χ1) is 19.4. The molecule has 1 aromatic carbocycles. The van der Waals surface area contributed by atoms with Crippen molar-refractivity contribution in [2.24, 2.45) is 5.92 Å². The number of methoxy groups -OCH3 is 1. The number of halogens is 1. The number of likely N-dealkylation sites (tertiary alicyclic amines) is 1. The Labute approximate surface area is 240 Å². The second-order valence-electron chi connectivity index (χ2n) is 10.6. The van der Waals surface area contributed by atoms with Crippen molar-refractivity contribution in [1.29, 1.82) is 0 Å². The summed E-state index contributed by atoms with van der Waals surface area (Å²) in [5.41, 5.74) is 1.57. The van der Waals surface area contributed by atoms with Crippen LogP contribution in [-0.2, 0) is 21.3 Å². The molecule has 11 nitrogen and oxygen atoms in total. The summed E-state index contributed by atoms with van der Waals surface area (Å²) in [4.78, 5) is 18.1. The summed E-state index contributed by atoms with van der Waals surface area (Å²) in [6.45, 7) is 11.7. The highest BCUT2D eigenvalue weighted by Crippen LogP contribution is 2.36. The van der Waals surface area contributed by atoms with Crippen LogP contribution in [0.2, 0.25) is 0 Å². The van der Waals surface area contributed by atoms with Gasteiger partial charge in [0, 0.05) is 55.8 Å².